The first-order valence-corrected chi connectivity index (χ1v) is 11.2. The van der Waals surface area contributed by atoms with Crippen LogP contribution in [0, 0.1) is 10.1 Å². The van der Waals surface area contributed by atoms with Crippen molar-refractivity contribution in [2.75, 3.05) is 14.2 Å². The summed E-state index contributed by atoms with van der Waals surface area (Å²) in [6.45, 7) is 1.82. The van der Waals surface area contributed by atoms with Crippen molar-refractivity contribution in [3.63, 3.8) is 0 Å². The SMILES string of the molecule is COC(=O)C[C@H](c1ccc([N+](=O)[O-])cc1)[C@H](NC(=O)CCC(=O)N[C@H](C)c1ccccc1)C(=O)OC. The van der Waals surface area contributed by atoms with Gasteiger partial charge in [-0.1, -0.05) is 42.5 Å². The number of non-ortho nitro benzene ring substituents is 1. The molecular weight excluding hydrogens is 470 g/mol. The van der Waals surface area contributed by atoms with Gasteiger partial charge in [0.1, 0.15) is 6.04 Å². The zero-order valence-electron chi connectivity index (χ0n) is 20.3. The van der Waals surface area contributed by atoms with Gasteiger partial charge in [-0.15, -0.1) is 0 Å². The Balaban J connectivity index is 2.12. The van der Waals surface area contributed by atoms with Crippen LogP contribution in [0.1, 0.15) is 49.3 Å². The number of carbonyl (C=O) groups is 4. The van der Waals surface area contributed by atoms with Crippen molar-refractivity contribution in [2.24, 2.45) is 0 Å². The first-order chi connectivity index (χ1) is 17.2. The fraction of sp³-hybridized carbons (Fsp3) is 0.360. The van der Waals surface area contributed by atoms with E-state index in [9.17, 15) is 29.3 Å². The van der Waals surface area contributed by atoms with Crippen molar-refractivity contribution in [3.05, 3.63) is 75.8 Å². The molecule has 0 saturated heterocycles. The Hall–Kier alpha value is -4.28. The molecule has 2 rings (SSSR count). The van der Waals surface area contributed by atoms with Gasteiger partial charge < -0.3 is 20.1 Å². The van der Waals surface area contributed by atoms with Crippen molar-refractivity contribution in [3.8, 4) is 0 Å². The molecule has 0 heterocycles. The summed E-state index contributed by atoms with van der Waals surface area (Å²) in [6.07, 6.45) is -0.647. The zero-order valence-corrected chi connectivity index (χ0v) is 20.3. The van der Waals surface area contributed by atoms with Gasteiger partial charge in [-0.3, -0.25) is 24.5 Å². The van der Waals surface area contributed by atoms with Gasteiger partial charge in [0, 0.05) is 30.9 Å². The van der Waals surface area contributed by atoms with Gasteiger partial charge in [0.15, 0.2) is 0 Å². The van der Waals surface area contributed by atoms with Crippen molar-refractivity contribution in [2.45, 2.75) is 44.2 Å². The van der Waals surface area contributed by atoms with E-state index < -0.39 is 34.7 Å². The molecule has 2 aromatic rings. The normalized spacial score (nSPS) is 13.0. The van der Waals surface area contributed by atoms with E-state index in [1.807, 2.05) is 37.3 Å². The van der Waals surface area contributed by atoms with Crippen LogP contribution in [0.3, 0.4) is 0 Å². The summed E-state index contributed by atoms with van der Waals surface area (Å²) >= 11 is 0. The zero-order chi connectivity index (χ0) is 26.7. The third kappa shape index (κ3) is 8.19. The summed E-state index contributed by atoms with van der Waals surface area (Å²) < 4.78 is 9.55. The van der Waals surface area contributed by atoms with E-state index >= 15 is 0 Å². The van der Waals surface area contributed by atoms with Gasteiger partial charge in [-0.2, -0.15) is 0 Å². The number of nitrogens with zero attached hydrogens (tertiary/aromatic N) is 1. The molecule has 36 heavy (non-hydrogen) atoms. The van der Waals surface area contributed by atoms with E-state index in [4.69, 9.17) is 9.47 Å². The highest BCUT2D eigenvalue weighted by atomic mass is 16.6. The largest absolute Gasteiger partial charge is 0.469 e. The third-order valence-corrected chi connectivity index (χ3v) is 5.58. The Morgan fingerprint density at radius 3 is 1.97 bits per heavy atom. The van der Waals surface area contributed by atoms with E-state index in [1.165, 1.54) is 31.4 Å². The maximum Gasteiger partial charge on any atom is 0.329 e. The molecule has 2 aromatic carbocycles. The molecule has 0 aliphatic carbocycles. The Morgan fingerprint density at radius 1 is 0.861 bits per heavy atom. The first kappa shape index (κ1) is 28.0. The minimum atomic E-state index is -1.30. The van der Waals surface area contributed by atoms with Crippen LogP contribution in [0.4, 0.5) is 5.69 Å². The second-order valence-corrected chi connectivity index (χ2v) is 8.00. The van der Waals surface area contributed by atoms with Crippen molar-refractivity contribution < 1.29 is 33.6 Å². The molecule has 11 nitrogen and oxygen atoms in total. The molecule has 0 fully saturated rings. The molecule has 11 heteroatoms. The number of rotatable bonds is 12. The third-order valence-electron chi connectivity index (χ3n) is 5.58. The summed E-state index contributed by atoms with van der Waals surface area (Å²) in [6, 6.07) is 13.0. The minimum Gasteiger partial charge on any atom is -0.469 e. The molecule has 0 radical (unpaired) electrons. The smallest absolute Gasteiger partial charge is 0.329 e. The molecule has 0 saturated carbocycles. The molecule has 192 valence electrons. The number of nitro groups is 1. The van der Waals surface area contributed by atoms with Crippen LogP contribution in [0.5, 0.6) is 0 Å². The van der Waals surface area contributed by atoms with Crippen LogP contribution in [-0.2, 0) is 28.7 Å². The van der Waals surface area contributed by atoms with Crippen LogP contribution in [0.15, 0.2) is 54.6 Å². The lowest BCUT2D eigenvalue weighted by molar-refractivity contribution is -0.384. The summed E-state index contributed by atoms with van der Waals surface area (Å²) in [5, 5.41) is 16.3. The summed E-state index contributed by atoms with van der Waals surface area (Å²) in [7, 11) is 2.31. The molecule has 2 N–H and O–H groups in total. The molecule has 0 spiro atoms. The minimum absolute atomic E-state index is 0.129. The standard InChI is InChI=1S/C25H29N3O8/c1-16(17-7-5-4-6-8-17)26-21(29)13-14-22(30)27-24(25(32)36-3)20(15-23(31)35-2)18-9-11-19(12-10-18)28(33)34/h4-12,16,20,24H,13-15H2,1-3H3,(H,26,29)(H,27,30)/t16-,20-,24+/m1/s1. The Kier molecular flexibility index (Phi) is 10.5. The fourth-order valence-corrected chi connectivity index (χ4v) is 3.60. The van der Waals surface area contributed by atoms with Crippen molar-refractivity contribution in [1.29, 1.82) is 0 Å². The highest BCUT2D eigenvalue weighted by molar-refractivity contribution is 5.88. The molecule has 0 aliphatic heterocycles. The summed E-state index contributed by atoms with van der Waals surface area (Å²) in [4.78, 5) is 60.0. The van der Waals surface area contributed by atoms with Gasteiger partial charge in [-0.05, 0) is 18.1 Å². The Bertz CT molecular complexity index is 1070. The molecule has 0 aliphatic rings. The van der Waals surface area contributed by atoms with Crippen LogP contribution in [-0.4, -0.2) is 48.9 Å². The van der Waals surface area contributed by atoms with Gasteiger partial charge in [-0.25, -0.2) is 4.79 Å². The number of hydrogen-bond acceptors (Lipinski definition) is 8. The molecule has 0 bridgehead atoms. The predicted octanol–water partition coefficient (Wildman–Crippen LogP) is 2.56. The highest BCUT2D eigenvalue weighted by Crippen LogP contribution is 2.27. The highest BCUT2D eigenvalue weighted by Gasteiger charge is 2.34. The van der Waals surface area contributed by atoms with Crippen LogP contribution in [0.2, 0.25) is 0 Å². The van der Waals surface area contributed by atoms with Crippen LogP contribution in [0.25, 0.3) is 0 Å². The topological polar surface area (TPSA) is 154 Å². The second kappa shape index (κ2) is 13.6. The first-order valence-electron chi connectivity index (χ1n) is 11.2. The Labute approximate surface area is 208 Å². The average molecular weight is 500 g/mol. The lowest BCUT2D eigenvalue weighted by atomic mass is 9.88. The Morgan fingerprint density at radius 2 is 1.44 bits per heavy atom. The van der Waals surface area contributed by atoms with Gasteiger partial charge in [0.2, 0.25) is 11.8 Å². The molecule has 3 atom stereocenters. The number of hydrogen-bond donors (Lipinski definition) is 2. The number of benzene rings is 2. The number of amides is 2. The van der Waals surface area contributed by atoms with E-state index in [1.54, 1.807) is 0 Å². The average Bonchev–Trinajstić information content (AvgIpc) is 2.89. The summed E-state index contributed by atoms with van der Waals surface area (Å²) in [5.74, 6) is -3.36. The second-order valence-electron chi connectivity index (χ2n) is 8.00. The quantitative estimate of drug-likeness (QED) is 0.257. The summed E-state index contributed by atoms with van der Waals surface area (Å²) in [5.41, 5.74) is 1.12. The number of nitrogens with one attached hydrogen (secondary N) is 2. The van der Waals surface area contributed by atoms with Gasteiger partial charge in [0.05, 0.1) is 31.6 Å². The van der Waals surface area contributed by atoms with Gasteiger partial charge >= 0.3 is 11.9 Å². The number of nitro benzene ring substituents is 1. The maximum atomic E-state index is 12.7. The number of ether oxygens (including phenoxy) is 2. The van der Waals surface area contributed by atoms with Gasteiger partial charge in [0.25, 0.3) is 5.69 Å². The molecular formula is C25H29N3O8. The molecule has 2 amide bonds. The number of methoxy groups -OCH3 is 2. The lowest BCUT2D eigenvalue weighted by Crippen LogP contribution is -2.46. The monoisotopic (exact) mass is 499 g/mol. The van der Waals surface area contributed by atoms with E-state index in [-0.39, 0.29) is 36.9 Å². The predicted molar refractivity (Wildman–Crippen MR) is 129 cm³/mol. The lowest BCUT2D eigenvalue weighted by Gasteiger charge is -2.26. The van der Waals surface area contributed by atoms with E-state index in [2.05, 4.69) is 10.6 Å². The van der Waals surface area contributed by atoms with E-state index in [0.29, 0.717) is 5.56 Å². The molecule has 0 unspecified atom stereocenters. The number of esters is 2. The van der Waals surface area contributed by atoms with Crippen molar-refractivity contribution in [1.82, 2.24) is 10.6 Å². The number of carbonyl (C=O) groups excluding carboxylic acids is 4. The van der Waals surface area contributed by atoms with Crippen LogP contribution >= 0.6 is 0 Å². The molecule has 0 aromatic heterocycles. The van der Waals surface area contributed by atoms with Crippen LogP contribution < -0.4 is 10.6 Å². The van der Waals surface area contributed by atoms with Crippen molar-refractivity contribution >= 4 is 29.4 Å². The van der Waals surface area contributed by atoms with E-state index in [0.717, 1.165) is 12.7 Å². The fourth-order valence-electron chi connectivity index (χ4n) is 3.60. The maximum absolute atomic E-state index is 12.7.